The maximum Gasteiger partial charge on any atom is 0.252 e. The third-order valence-electron chi connectivity index (χ3n) is 18.1. The Bertz CT molecular complexity index is 3770. The van der Waals surface area contributed by atoms with E-state index < -0.39 is 0 Å². The van der Waals surface area contributed by atoms with Crippen LogP contribution >= 0.6 is 11.3 Å². The molecule has 1 aromatic heterocycles. The number of rotatable bonds is 4. The van der Waals surface area contributed by atoms with Crippen LogP contribution < -0.4 is 31.1 Å². The lowest BCUT2D eigenvalue weighted by molar-refractivity contribution is 0.195. The number of thiophene rings is 1. The van der Waals surface area contributed by atoms with Crippen molar-refractivity contribution in [2.24, 2.45) is 0 Å². The van der Waals surface area contributed by atoms with E-state index in [9.17, 15) is 0 Å². The Morgan fingerprint density at radius 1 is 0.473 bits per heavy atom. The summed E-state index contributed by atoms with van der Waals surface area (Å²) in [5.74, 6) is 0. The summed E-state index contributed by atoms with van der Waals surface area (Å²) < 4.78 is 2.64. The number of hydrogen-bond donors (Lipinski definition) is 0. The highest BCUT2D eigenvalue weighted by atomic mass is 32.1. The van der Waals surface area contributed by atoms with Crippen molar-refractivity contribution in [3.05, 3.63) is 186 Å². The fraction of sp³-hybridized carbons (Fsp3) is 0.304. The zero-order valence-electron chi connectivity index (χ0n) is 45.7. The van der Waals surface area contributed by atoms with Gasteiger partial charge in [0.25, 0.3) is 6.71 Å². The van der Waals surface area contributed by atoms with Crippen LogP contribution in [0, 0.1) is 6.92 Å². The number of hydrogen-bond acceptors (Lipinski definition) is 4. The van der Waals surface area contributed by atoms with E-state index in [1.807, 2.05) is 11.3 Å². The van der Waals surface area contributed by atoms with Gasteiger partial charge in [0.15, 0.2) is 0 Å². The number of nitrogens with zero attached hydrogens (tertiary/aromatic N) is 3. The van der Waals surface area contributed by atoms with Gasteiger partial charge < -0.3 is 14.7 Å². The van der Waals surface area contributed by atoms with Gasteiger partial charge in [-0.05, 0) is 159 Å². The van der Waals surface area contributed by atoms with Gasteiger partial charge in [-0.1, -0.05) is 173 Å². The van der Waals surface area contributed by atoms with Crippen molar-refractivity contribution in [3.8, 4) is 11.1 Å². The second kappa shape index (κ2) is 16.2. The van der Waals surface area contributed by atoms with E-state index in [4.69, 9.17) is 0 Å². The molecular weight excluding hydrogens is 914 g/mol. The molecule has 2 unspecified atom stereocenters. The molecule has 5 heteroatoms. The maximum absolute atomic E-state index is 2.79. The molecule has 13 rings (SSSR count). The van der Waals surface area contributed by atoms with Gasteiger partial charge in [-0.2, -0.15) is 0 Å². The highest BCUT2D eigenvalue weighted by molar-refractivity contribution is 7.25. The molecule has 4 aliphatic rings. The second-order valence-corrected chi connectivity index (χ2v) is 26.9. The fourth-order valence-electron chi connectivity index (χ4n) is 13.8. The predicted molar refractivity (Wildman–Crippen MR) is 322 cm³/mol. The Hall–Kier alpha value is -6.56. The van der Waals surface area contributed by atoms with E-state index in [1.54, 1.807) is 0 Å². The molecule has 0 saturated heterocycles. The van der Waals surface area contributed by atoms with Crippen molar-refractivity contribution < 1.29 is 0 Å². The topological polar surface area (TPSA) is 9.72 Å². The Kier molecular flexibility index (Phi) is 10.3. The summed E-state index contributed by atoms with van der Waals surface area (Å²) in [5, 5.41) is 2.65. The highest BCUT2D eigenvalue weighted by Crippen LogP contribution is 2.62. The molecule has 1 fully saturated rings. The quantitative estimate of drug-likeness (QED) is 0.163. The molecule has 1 aliphatic carbocycles. The second-order valence-electron chi connectivity index (χ2n) is 25.8. The largest absolute Gasteiger partial charge is 0.334 e. The van der Waals surface area contributed by atoms with Crippen molar-refractivity contribution in [3.63, 3.8) is 0 Å². The Labute approximate surface area is 445 Å². The zero-order chi connectivity index (χ0) is 51.4. The lowest BCUT2D eigenvalue weighted by Crippen LogP contribution is -2.61. The molecular formula is C69H70BN3S. The van der Waals surface area contributed by atoms with Gasteiger partial charge in [-0.3, -0.25) is 0 Å². The zero-order valence-corrected chi connectivity index (χ0v) is 46.5. The van der Waals surface area contributed by atoms with Crippen LogP contribution in [0.5, 0.6) is 0 Å². The normalized spacial score (nSPS) is 19.1. The average molecular weight is 984 g/mol. The molecule has 1 saturated carbocycles. The molecule has 0 N–H and O–H groups in total. The van der Waals surface area contributed by atoms with E-state index in [1.165, 1.54) is 140 Å². The van der Waals surface area contributed by atoms with Gasteiger partial charge in [0.05, 0.1) is 11.2 Å². The Balaban J connectivity index is 1.11. The van der Waals surface area contributed by atoms with Gasteiger partial charge in [-0.15, -0.1) is 11.3 Å². The standard InChI is InChI=1S/C69H70BN3S/c1-43-36-60-64-61(37-43)72(56-32-25-45(65(2,3)4)38-52(56)44-20-14-13-15-21-44)59-41-49(73-57-33-26-46(66(5,6)7)39-53(57)68(11)34-18-19-35-69(68,73)12)28-31-55(59)70(64)54-30-24-47(67(8,9)10)40-58(54)71(60)48-27-29-51-50-22-16-17-23-62(50)74-63(51)42-48/h13-17,20-33,36-42H,18-19,34-35H2,1-12H3. The third-order valence-corrected chi connectivity index (χ3v) is 19.2. The molecule has 3 aliphatic heterocycles. The predicted octanol–water partition coefficient (Wildman–Crippen LogP) is 17.7. The van der Waals surface area contributed by atoms with E-state index in [2.05, 4.69) is 256 Å². The van der Waals surface area contributed by atoms with Crippen LogP contribution in [0.4, 0.5) is 45.5 Å². The number of fused-ring (bicyclic) bond motifs is 10. The van der Waals surface area contributed by atoms with Crippen LogP contribution in [0.2, 0.25) is 0 Å². The molecule has 8 aromatic carbocycles. The molecule has 9 aromatic rings. The number of anilines is 8. The van der Waals surface area contributed by atoms with Gasteiger partial charge in [-0.25, -0.2) is 0 Å². The molecule has 0 amide bonds. The van der Waals surface area contributed by atoms with Crippen molar-refractivity contribution >= 4 is 100 Å². The lowest BCUT2D eigenvalue weighted by atomic mass is 9.33. The summed E-state index contributed by atoms with van der Waals surface area (Å²) in [6.07, 6.45) is 4.83. The summed E-state index contributed by atoms with van der Waals surface area (Å²) in [5.41, 5.74) is 23.3. The third kappa shape index (κ3) is 6.97. The minimum atomic E-state index is -0.0974. The fourth-order valence-corrected chi connectivity index (χ4v) is 14.9. The summed E-state index contributed by atoms with van der Waals surface area (Å²) in [7, 11) is 0. The first-order valence-corrected chi connectivity index (χ1v) is 28.1. The lowest BCUT2D eigenvalue weighted by Gasteiger charge is -2.51. The number of benzene rings is 8. The smallest absolute Gasteiger partial charge is 0.252 e. The summed E-state index contributed by atoms with van der Waals surface area (Å²) >= 11 is 1.90. The molecule has 0 radical (unpaired) electrons. The van der Waals surface area contributed by atoms with Crippen molar-refractivity contribution in [1.82, 2.24) is 0 Å². The van der Waals surface area contributed by atoms with Crippen LogP contribution in [-0.2, 0) is 21.7 Å². The van der Waals surface area contributed by atoms with Crippen LogP contribution in [0.1, 0.15) is 130 Å². The molecule has 74 heavy (non-hydrogen) atoms. The van der Waals surface area contributed by atoms with Gasteiger partial charge >= 0.3 is 0 Å². The van der Waals surface area contributed by atoms with Crippen LogP contribution in [-0.4, -0.2) is 12.3 Å². The number of aryl methyl sites for hydroxylation is 1. The minimum absolute atomic E-state index is 0.000935. The molecule has 3 nitrogen and oxygen atoms in total. The van der Waals surface area contributed by atoms with Gasteiger partial charge in [0, 0.05) is 71.0 Å². The van der Waals surface area contributed by atoms with Crippen LogP contribution in [0.3, 0.4) is 0 Å². The first-order chi connectivity index (χ1) is 35.2. The van der Waals surface area contributed by atoms with Gasteiger partial charge in [0.2, 0.25) is 0 Å². The SMILES string of the molecule is Cc1cc2c3c(c1)N(c1ccc(C(C)(C)C)cc1-c1ccccc1)c1cc(N4c5ccc(C(C)(C)C)cc5C5(C)CCCCC45C)ccc1B3c1ccc(C(C)(C)C)cc1N2c1ccc2c(c1)sc1ccccc12. The molecule has 0 spiro atoms. The Morgan fingerprint density at radius 2 is 1.05 bits per heavy atom. The highest BCUT2D eigenvalue weighted by Gasteiger charge is 2.58. The van der Waals surface area contributed by atoms with E-state index in [-0.39, 0.29) is 33.9 Å². The van der Waals surface area contributed by atoms with E-state index >= 15 is 0 Å². The van der Waals surface area contributed by atoms with Gasteiger partial charge in [0.1, 0.15) is 0 Å². The monoisotopic (exact) mass is 984 g/mol. The van der Waals surface area contributed by atoms with E-state index in [0.29, 0.717) is 0 Å². The molecule has 0 bridgehead atoms. The van der Waals surface area contributed by atoms with Crippen LogP contribution in [0.25, 0.3) is 31.3 Å². The van der Waals surface area contributed by atoms with Crippen molar-refractivity contribution in [2.45, 2.75) is 136 Å². The molecule has 370 valence electrons. The molecule has 4 heterocycles. The van der Waals surface area contributed by atoms with E-state index in [0.717, 1.165) is 6.42 Å². The first kappa shape index (κ1) is 47.2. The Morgan fingerprint density at radius 3 is 1.78 bits per heavy atom. The summed E-state index contributed by atoms with van der Waals surface area (Å²) in [6.45, 7) is 28.6. The summed E-state index contributed by atoms with van der Waals surface area (Å²) in [6, 6.07) is 62.0. The molecule has 2 atom stereocenters. The maximum atomic E-state index is 2.79. The van der Waals surface area contributed by atoms with Crippen LogP contribution in [0.15, 0.2) is 158 Å². The average Bonchev–Trinajstić information content (AvgIpc) is 3.88. The van der Waals surface area contributed by atoms with Crippen molar-refractivity contribution in [2.75, 3.05) is 14.7 Å². The minimum Gasteiger partial charge on any atom is -0.334 e. The first-order valence-electron chi connectivity index (χ1n) is 27.3. The van der Waals surface area contributed by atoms with Crippen molar-refractivity contribution in [1.29, 1.82) is 0 Å². The summed E-state index contributed by atoms with van der Waals surface area (Å²) in [4.78, 5) is 8.09.